The van der Waals surface area contributed by atoms with Gasteiger partial charge < -0.3 is 0 Å². The second-order valence-corrected chi connectivity index (χ2v) is 5.68. The average molecular weight is 342 g/mol. The Labute approximate surface area is 125 Å². The van der Waals surface area contributed by atoms with Crippen LogP contribution in [-0.4, -0.2) is 15.6 Å². The third-order valence-corrected chi connectivity index (χ3v) is 3.66. The minimum absolute atomic E-state index is 0.0882. The summed E-state index contributed by atoms with van der Waals surface area (Å²) in [4.78, 5) is 12.6. The lowest BCUT2D eigenvalue weighted by Gasteiger charge is -2.08. The van der Waals surface area contributed by atoms with E-state index in [0.717, 1.165) is 16.5 Å². The van der Waals surface area contributed by atoms with Gasteiger partial charge in [-0.15, -0.1) is 0 Å². The maximum Gasteiger partial charge on any atom is 0.212 e. The molecule has 0 radical (unpaired) electrons. The van der Waals surface area contributed by atoms with Crippen LogP contribution in [0, 0.1) is 6.92 Å². The molecular formula is C14H14BrClN2O. The van der Waals surface area contributed by atoms with Crippen LogP contribution in [0.4, 0.5) is 0 Å². The van der Waals surface area contributed by atoms with Crippen molar-refractivity contribution in [3.63, 3.8) is 0 Å². The van der Waals surface area contributed by atoms with Crippen molar-refractivity contribution in [1.82, 2.24) is 9.78 Å². The molecule has 100 valence electrons. The Bertz CT molecular complexity index is 622. The van der Waals surface area contributed by atoms with Crippen LogP contribution in [0.1, 0.15) is 35.0 Å². The minimum Gasteiger partial charge on any atom is -0.287 e. The molecule has 0 amide bonds. The van der Waals surface area contributed by atoms with Gasteiger partial charge in [0.15, 0.2) is 0 Å². The van der Waals surface area contributed by atoms with Crippen molar-refractivity contribution in [3.05, 3.63) is 50.7 Å². The summed E-state index contributed by atoms with van der Waals surface area (Å²) < 4.78 is 2.55. The molecule has 0 N–H and O–H groups in total. The summed E-state index contributed by atoms with van der Waals surface area (Å²) >= 11 is 9.49. The molecule has 0 aliphatic rings. The normalized spacial score (nSPS) is 10.7. The Morgan fingerprint density at radius 1 is 1.47 bits per heavy atom. The van der Waals surface area contributed by atoms with Crippen LogP contribution in [-0.2, 0) is 6.54 Å². The van der Waals surface area contributed by atoms with Crippen molar-refractivity contribution in [1.29, 1.82) is 0 Å². The number of halogens is 2. The Balaban J connectivity index is 2.49. The van der Waals surface area contributed by atoms with Gasteiger partial charge in [-0.2, -0.15) is 5.10 Å². The first-order valence-corrected chi connectivity index (χ1v) is 7.23. The molecule has 1 aromatic carbocycles. The van der Waals surface area contributed by atoms with Crippen LogP contribution in [0.5, 0.6) is 0 Å². The van der Waals surface area contributed by atoms with Crippen molar-refractivity contribution in [2.45, 2.75) is 26.8 Å². The van der Waals surface area contributed by atoms with Crippen LogP contribution >= 0.6 is 27.5 Å². The van der Waals surface area contributed by atoms with Crippen molar-refractivity contribution in [2.75, 3.05) is 0 Å². The molecule has 0 atom stereocenters. The Morgan fingerprint density at radius 3 is 2.89 bits per heavy atom. The van der Waals surface area contributed by atoms with E-state index < -0.39 is 0 Å². The lowest BCUT2D eigenvalue weighted by Crippen LogP contribution is -2.13. The molecule has 1 aromatic heterocycles. The Morgan fingerprint density at radius 2 is 2.21 bits per heavy atom. The number of aromatic nitrogens is 2. The summed E-state index contributed by atoms with van der Waals surface area (Å²) in [6.45, 7) is 4.63. The Hall–Kier alpha value is -1.13. The van der Waals surface area contributed by atoms with Gasteiger partial charge in [-0.05, 0) is 31.0 Å². The lowest BCUT2D eigenvalue weighted by atomic mass is 10.0. The van der Waals surface area contributed by atoms with E-state index in [1.165, 1.54) is 6.20 Å². The number of benzene rings is 1. The number of hydrogen-bond donors (Lipinski definition) is 0. The largest absolute Gasteiger partial charge is 0.287 e. The zero-order chi connectivity index (χ0) is 14.0. The van der Waals surface area contributed by atoms with Gasteiger partial charge in [-0.3, -0.25) is 9.48 Å². The van der Waals surface area contributed by atoms with E-state index in [-0.39, 0.29) is 5.78 Å². The number of hydrogen-bond acceptors (Lipinski definition) is 2. The number of ketones is 1. The molecule has 19 heavy (non-hydrogen) atoms. The molecule has 0 saturated carbocycles. The molecule has 0 aliphatic carbocycles. The number of rotatable bonds is 4. The second kappa shape index (κ2) is 5.88. The van der Waals surface area contributed by atoms with Crippen molar-refractivity contribution < 1.29 is 4.79 Å². The molecule has 0 aliphatic heterocycles. The number of carbonyl (C=O) groups is 1. The van der Waals surface area contributed by atoms with Crippen LogP contribution in [0.25, 0.3) is 0 Å². The predicted octanol–water partition coefficient (Wildman–Crippen LogP) is 4.25. The minimum atomic E-state index is -0.0882. The van der Waals surface area contributed by atoms with E-state index in [0.29, 0.717) is 22.8 Å². The number of nitrogens with zero attached hydrogens (tertiary/aromatic N) is 2. The van der Waals surface area contributed by atoms with Gasteiger partial charge in [0, 0.05) is 16.6 Å². The molecule has 0 unspecified atom stereocenters. The van der Waals surface area contributed by atoms with E-state index in [2.05, 4.69) is 21.0 Å². The van der Waals surface area contributed by atoms with Gasteiger partial charge in [0.25, 0.3) is 0 Å². The number of carbonyl (C=O) groups excluding carboxylic acids is 1. The predicted molar refractivity (Wildman–Crippen MR) is 79.8 cm³/mol. The maximum atomic E-state index is 12.6. The maximum absolute atomic E-state index is 12.6. The SMILES string of the molecule is CCCn1ncc(Cl)c1C(=O)c1cc(Br)ccc1C. The van der Waals surface area contributed by atoms with Gasteiger partial charge in [0.1, 0.15) is 5.69 Å². The standard InChI is InChI=1S/C14H14BrClN2O/c1-3-6-18-13(12(16)8-17-18)14(19)11-7-10(15)5-4-9(11)2/h4-5,7-8H,3,6H2,1-2H3. The summed E-state index contributed by atoms with van der Waals surface area (Å²) in [5.41, 5.74) is 2.03. The van der Waals surface area contributed by atoms with Gasteiger partial charge in [0.05, 0.1) is 11.2 Å². The molecule has 0 fully saturated rings. The fourth-order valence-electron chi connectivity index (χ4n) is 1.94. The van der Waals surface area contributed by atoms with Gasteiger partial charge in [-0.25, -0.2) is 0 Å². The molecule has 2 aromatic rings. The van der Waals surface area contributed by atoms with Crippen molar-refractivity contribution in [2.24, 2.45) is 0 Å². The third-order valence-electron chi connectivity index (χ3n) is 2.89. The summed E-state index contributed by atoms with van der Waals surface area (Å²) in [5.74, 6) is -0.0882. The van der Waals surface area contributed by atoms with Crippen molar-refractivity contribution >= 4 is 33.3 Å². The highest BCUT2D eigenvalue weighted by Gasteiger charge is 2.20. The van der Waals surface area contributed by atoms with Gasteiger partial charge in [-0.1, -0.05) is 40.5 Å². The molecule has 1 heterocycles. The zero-order valence-corrected chi connectivity index (χ0v) is 13.1. The highest BCUT2D eigenvalue weighted by Crippen LogP contribution is 2.23. The van der Waals surface area contributed by atoms with Crippen molar-refractivity contribution in [3.8, 4) is 0 Å². The number of aryl methyl sites for hydroxylation is 2. The summed E-state index contributed by atoms with van der Waals surface area (Å²) in [7, 11) is 0. The van der Waals surface area contributed by atoms with Gasteiger partial charge >= 0.3 is 0 Å². The topological polar surface area (TPSA) is 34.9 Å². The fourth-order valence-corrected chi connectivity index (χ4v) is 2.52. The summed E-state index contributed by atoms with van der Waals surface area (Å²) in [6, 6.07) is 5.64. The van der Waals surface area contributed by atoms with Gasteiger partial charge in [0.2, 0.25) is 5.78 Å². The van der Waals surface area contributed by atoms with E-state index in [4.69, 9.17) is 11.6 Å². The van der Waals surface area contributed by atoms with Crippen LogP contribution in [0.3, 0.4) is 0 Å². The molecule has 2 rings (SSSR count). The monoisotopic (exact) mass is 340 g/mol. The smallest absolute Gasteiger partial charge is 0.212 e. The summed E-state index contributed by atoms with van der Waals surface area (Å²) in [5, 5.41) is 4.56. The fraction of sp³-hybridized carbons (Fsp3) is 0.286. The van der Waals surface area contributed by atoms with E-state index in [1.54, 1.807) is 4.68 Å². The molecule has 0 bridgehead atoms. The lowest BCUT2D eigenvalue weighted by molar-refractivity contribution is 0.102. The van der Waals surface area contributed by atoms with Crippen LogP contribution in [0.2, 0.25) is 5.02 Å². The molecule has 5 heteroatoms. The van der Waals surface area contributed by atoms with Crippen LogP contribution in [0.15, 0.2) is 28.9 Å². The third kappa shape index (κ3) is 2.90. The van der Waals surface area contributed by atoms with E-state index >= 15 is 0 Å². The van der Waals surface area contributed by atoms with E-state index in [1.807, 2.05) is 32.0 Å². The first kappa shape index (κ1) is 14.3. The van der Waals surface area contributed by atoms with Crippen LogP contribution < -0.4 is 0 Å². The second-order valence-electron chi connectivity index (χ2n) is 4.35. The van der Waals surface area contributed by atoms with E-state index in [9.17, 15) is 4.79 Å². The Kier molecular flexibility index (Phi) is 4.42. The molecule has 0 saturated heterocycles. The quantitative estimate of drug-likeness (QED) is 0.779. The summed E-state index contributed by atoms with van der Waals surface area (Å²) in [6.07, 6.45) is 2.42. The first-order chi connectivity index (χ1) is 9.04. The highest BCUT2D eigenvalue weighted by atomic mass is 79.9. The first-order valence-electron chi connectivity index (χ1n) is 6.06. The zero-order valence-electron chi connectivity index (χ0n) is 10.8. The molecule has 0 spiro atoms. The molecule has 3 nitrogen and oxygen atoms in total. The molecular weight excluding hydrogens is 328 g/mol. The highest BCUT2D eigenvalue weighted by molar-refractivity contribution is 9.10. The average Bonchev–Trinajstić information content (AvgIpc) is 2.73.